The maximum Gasteiger partial charge on any atom is 0.433 e. The molecular formula is C7H9F3N2. The van der Waals surface area contributed by atoms with Crippen molar-refractivity contribution in [2.75, 3.05) is 0 Å². The molecule has 1 rings (SSSR count). The second kappa shape index (κ2) is 3.16. The fourth-order valence-electron chi connectivity index (χ4n) is 0.963. The highest BCUT2D eigenvalue weighted by Gasteiger charge is 2.34. The van der Waals surface area contributed by atoms with Gasteiger partial charge in [0.1, 0.15) is 5.69 Å². The second-order valence-electron chi connectivity index (χ2n) is 2.44. The maximum absolute atomic E-state index is 12.1. The van der Waals surface area contributed by atoms with Crippen LogP contribution in [0.3, 0.4) is 0 Å². The lowest BCUT2D eigenvalue weighted by Gasteiger charge is -2.08. The first-order valence-corrected chi connectivity index (χ1v) is 3.64. The van der Waals surface area contributed by atoms with Gasteiger partial charge in [0, 0.05) is 12.7 Å². The number of rotatable bonds is 2. The fourth-order valence-corrected chi connectivity index (χ4v) is 0.963. The molecule has 0 N–H and O–H groups in total. The molecule has 0 saturated heterocycles. The molecule has 0 saturated carbocycles. The van der Waals surface area contributed by atoms with Crippen molar-refractivity contribution in [3.8, 4) is 0 Å². The Bertz CT molecular complexity index is 251. The van der Waals surface area contributed by atoms with E-state index in [2.05, 4.69) is 5.10 Å². The summed E-state index contributed by atoms with van der Waals surface area (Å²) < 4.78 is 37.4. The van der Waals surface area contributed by atoms with E-state index in [1.807, 2.05) is 6.92 Å². The quantitative estimate of drug-likeness (QED) is 0.679. The van der Waals surface area contributed by atoms with Gasteiger partial charge < -0.3 is 0 Å². The van der Waals surface area contributed by atoms with Crippen LogP contribution in [0.4, 0.5) is 13.2 Å². The Kier molecular flexibility index (Phi) is 2.40. The maximum atomic E-state index is 12.1. The van der Waals surface area contributed by atoms with Crippen LogP contribution in [0, 0.1) is 0 Å². The Morgan fingerprint density at radius 3 is 2.67 bits per heavy atom. The van der Waals surface area contributed by atoms with Gasteiger partial charge in [0.05, 0.1) is 0 Å². The van der Waals surface area contributed by atoms with Gasteiger partial charge in [-0.3, -0.25) is 4.68 Å². The molecule has 0 bridgehead atoms. The largest absolute Gasteiger partial charge is 0.433 e. The molecule has 0 atom stereocenters. The minimum Gasteiger partial charge on any atom is -0.260 e. The van der Waals surface area contributed by atoms with Gasteiger partial charge >= 0.3 is 6.18 Å². The lowest BCUT2D eigenvalue weighted by atomic mass is 10.4. The lowest BCUT2D eigenvalue weighted by Crippen LogP contribution is -2.14. The van der Waals surface area contributed by atoms with E-state index >= 15 is 0 Å². The average Bonchev–Trinajstić information content (AvgIpc) is 2.34. The van der Waals surface area contributed by atoms with Crippen molar-refractivity contribution in [1.29, 1.82) is 0 Å². The minimum atomic E-state index is -4.29. The van der Waals surface area contributed by atoms with Crippen LogP contribution in [-0.4, -0.2) is 9.78 Å². The Morgan fingerprint density at radius 1 is 1.50 bits per heavy atom. The van der Waals surface area contributed by atoms with E-state index in [1.165, 1.54) is 6.20 Å². The van der Waals surface area contributed by atoms with Gasteiger partial charge in [0.15, 0.2) is 0 Å². The monoisotopic (exact) mass is 178 g/mol. The Morgan fingerprint density at radius 2 is 2.17 bits per heavy atom. The third-order valence-electron chi connectivity index (χ3n) is 1.44. The summed E-state index contributed by atoms with van der Waals surface area (Å²) in [4.78, 5) is 0. The molecule has 0 amide bonds. The third-order valence-corrected chi connectivity index (χ3v) is 1.44. The molecule has 68 valence electrons. The SMILES string of the molecule is CCCn1nccc1C(F)(F)F. The van der Waals surface area contributed by atoms with E-state index in [9.17, 15) is 13.2 Å². The van der Waals surface area contributed by atoms with Gasteiger partial charge in [0.25, 0.3) is 0 Å². The highest BCUT2D eigenvalue weighted by Crippen LogP contribution is 2.28. The van der Waals surface area contributed by atoms with Crippen LogP contribution in [0.5, 0.6) is 0 Å². The molecule has 0 fully saturated rings. The summed E-state index contributed by atoms with van der Waals surface area (Å²) in [5, 5.41) is 3.57. The van der Waals surface area contributed by atoms with E-state index in [0.29, 0.717) is 13.0 Å². The normalized spacial score (nSPS) is 12.0. The van der Waals surface area contributed by atoms with Crippen LogP contribution in [0.2, 0.25) is 0 Å². The summed E-state index contributed by atoms with van der Waals surface area (Å²) in [7, 11) is 0. The Balaban J connectivity index is 2.91. The molecule has 1 heterocycles. The van der Waals surface area contributed by atoms with Gasteiger partial charge in [-0.15, -0.1) is 0 Å². The summed E-state index contributed by atoms with van der Waals surface area (Å²) >= 11 is 0. The summed E-state index contributed by atoms with van der Waals surface area (Å²) in [6.07, 6.45) is -2.48. The van der Waals surface area contributed by atoms with Gasteiger partial charge in [-0.25, -0.2) is 0 Å². The zero-order chi connectivity index (χ0) is 9.19. The summed E-state index contributed by atoms with van der Waals surface area (Å²) in [5.74, 6) is 0. The molecule has 0 aliphatic carbocycles. The van der Waals surface area contributed by atoms with Crippen molar-refractivity contribution in [2.24, 2.45) is 0 Å². The van der Waals surface area contributed by atoms with Crippen LogP contribution in [0.1, 0.15) is 19.0 Å². The number of alkyl halides is 3. The minimum absolute atomic E-state index is 0.307. The van der Waals surface area contributed by atoms with E-state index in [0.717, 1.165) is 10.7 Å². The predicted molar refractivity (Wildman–Crippen MR) is 37.5 cm³/mol. The molecule has 0 radical (unpaired) electrons. The summed E-state index contributed by atoms with van der Waals surface area (Å²) in [6.45, 7) is 2.11. The molecule has 0 aliphatic heterocycles. The average molecular weight is 178 g/mol. The van der Waals surface area contributed by atoms with E-state index in [1.54, 1.807) is 0 Å². The van der Waals surface area contributed by atoms with Gasteiger partial charge in [-0.2, -0.15) is 18.3 Å². The molecular weight excluding hydrogens is 169 g/mol. The van der Waals surface area contributed by atoms with Crippen LogP contribution in [0.25, 0.3) is 0 Å². The Labute approximate surface area is 68.0 Å². The predicted octanol–water partition coefficient (Wildman–Crippen LogP) is 2.31. The molecule has 12 heavy (non-hydrogen) atoms. The summed E-state index contributed by atoms with van der Waals surface area (Å²) in [5.41, 5.74) is -0.677. The third kappa shape index (κ3) is 1.78. The zero-order valence-corrected chi connectivity index (χ0v) is 6.60. The molecule has 1 aromatic heterocycles. The van der Waals surface area contributed by atoms with E-state index in [4.69, 9.17) is 0 Å². The van der Waals surface area contributed by atoms with Gasteiger partial charge in [-0.1, -0.05) is 6.92 Å². The van der Waals surface area contributed by atoms with Crippen molar-refractivity contribution in [2.45, 2.75) is 26.1 Å². The first kappa shape index (κ1) is 9.09. The highest BCUT2D eigenvalue weighted by molar-refractivity contribution is 5.04. The van der Waals surface area contributed by atoms with Crippen LogP contribution >= 0.6 is 0 Å². The first-order chi connectivity index (χ1) is 5.55. The standard InChI is InChI=1S/C7H9F3N2/c1-2-5-12-6(3-4-11-12)7(8,9)10/h3-4H,2,5H2,1H3. The van der Waals surface area contributed by atoms with Crippen molar-refractivity contribution >= 4 is 0 Å². The molecule has 1 aromatic rings. The van der Waals surface area contributed by atoms with Gasteiger partial charge in [-0.05, 0) is 12.5 Å². The lowest BCUT2D eigenvalue weighted by molar-refractivity contribution is -0.144. The topological polar surface area (TPSA) is 17.8 Å². The smallest absolute Gasteiger partial charge is 0.260 e. The van der Waals surface area contributed by atoms with Crippen molar-refractivity contribution in [3.05, 3.63) is 18.0 Å². The molecule has 2 nitrogen and oxygen atoms in total. The Hall–Kier alpha value is -1.00. The van der Waals surface area contributed by atoms with E-state index in [-0.39, 0.29) is 0 Å². The van der Waals surface area contributed by atoms with Crippen LogP contribution in [-0.2, 0) is 12.7 Å². The summed E-state index contributed by atoms with van der Waals surface area (Å²) in [6, 6.07) is 0.982. The van der Waals surface area contributed by atoms with Crippen molar-refractivity contribution in [1.82, 2.24) is 9.78 Å². The van der Waals surface area contributed by atoms with Crippen LogP contribution in [0.15, 0.2) is 12.3 Å². The van der Waals surface area contributed by atoms with Crippen molar-refractivity contribution < 1.29 is 13.2 Å². The molecule has 5 heteroatoms. The first-order valence-electron chi connectivity index (χ1n) is 3.64. The van der Waals surface area contributed by atoms with E-state index < -0.39 is 11.9 Å². The second-order valence-corrected chi connectivity index (χ2v) is 2.44. The number of hydrogen-bond donors (Lipinski definition) is 0. The molecule has 0 unspecified atom stereocenters. The fraction of sp³-hybridized carbons (Fsp3) is 0.571. The molecule has 0 aromatic carbocycles. The number of aryl methyl sites for hydroxylation is 1. The number of nitrogens with zero attached hydrogens (tertiary/aromatic N) is 2. The number of halogens is 3. The highest BCUT2D eigenvalue weighted by atomic mass is 19.4. The van der Waals surface area contributed by atoms with Gasteiger partial charge in [0.2, 0.25) is 0 Å². The number of hydrogen-bond acceptors (Lipinski definition) is 1. The molecule has 0 aliphatic rings. The number of aromatic nitrogens is 2. The van der Waals surface area contributed by atoms with Crippen LogP contribution < -0.4 is 0 Å². The molecule has 0 spiro atoms. The van der Waals surface area contributed by atoms with Crippen molar-refractivity contribution in [3.63, 3.8) is 0 Å². The zero-order valence-electron chi connectivity index (χ0n) is 6.60.